The van der Waals surface area contributed by atoms with E-state index in [1.807, 2.05) is 11.9 Å². The average molecular weight is 213 g/mol. The Morgan fingerprint density at radius 1 is 1.47 bits per heavy atom. The van der Waals surface area contributed by atoms with Gasteiger partial charge in [-0.2, -0.15) is 0 Å². The number of hydrogen-bond acceptors (Lipinski definition) is 3. The van der Waals surface area contributed by atoms with Crippen molar-refractivity contribution in [3.05, 3.63) is 0 Å². The highest BCUT2D eigenvalue weighted by atomic mass is 16.2. The summed E-state index contributed by atoms with van der Waals surface area (Å²) < 4.78 is 0. The van der Waals surface area contributed by atoms with Gasteiger partial charge in [0.05, 0.1) is 0 Å². The first kappa shape index (κ1) is 12.5. The molecule has 1 aliphatic rings. The highest BCUT2D eigenvalue weighted by molar-refractivity contribution is 5.84. The molecule has 0 bridgehead atoms. The maximum Gasteiger partial charge on any atom is 0.241 e. The maximum atomic E-state index is 12.2. The molecule has 1 heterocycles. The molecular weight excluding hydrogens is 190 g/mol. The van der Waals surface area contributed by atoms with Gasteiger partial charge in [0.15, 0.2) is 0 Å². The number of piperazine rings is 1. The molecule has 0 aromatic heterocycles. The van der Waals surface area contributed by atoms with E-state index in [4.69, 9.17) is 5.73 Å². The van der Waals surface area contributed by atoms with Crippen LogP contribution in [0.15, 0.2) is 0 Å². The minimum absolute atomic E-state index is 0.120. The minimum atomic E-state index is -0.152. The van der Waals surface area contributed by atoms with Gasteiger partial charge in [-0.3, -0.25) is 9.69 Å². The minimum Gasteiger partial charge on any atom is -0.332 e. The summed E-state index contributed by atoms with van der Waals surface area (Å²) in [6.45, 7) is 9.59. The predicted molar refractivity (Wildman–Crippen MR) is 61.5 cm³/mol. The molecule has 2 N–H and O–H groups in total. The summed E-state index contributed by atoms with van der Waals surface area (Å²) in [5.74, 6) is 0.159. The number of carbonyl (C=O) groups excluding carboxylic acids is 1. The number of carbonyl (C=O) groups is 1. The smallest absolute Gasteiger partial charge is 0.241 e. The van der Waals surface area contributed by atoms with E-state index in [2.05, 4.69) is 32.6 Å². The lowest BCUT2D eigenvalue weighted by atomic mass is 9.97. The fourth-order valence-corrected chi connectivity index (χ4v) is 2.46. The van der Waals surface area contributed by atoms with Crippen molar-refractivity contribution < 1.29 is 4.79 Å². The first-order chi connectivity index (χ1) is 6.79. The van der Waals surface area contributed by atoms with Crippen molar-refractivity contribution in [2.75, 3.05) is 20.1 Å². The summed E-state index contributed by atoms with van der Waals surface area (Å²) in [5, 5.41) is 0. The summed E-state index contributed by atoms with van der Waals surface area (Å²) in [7, 11) is 1.96. The van der Waals surface area contributed by atoms with Crippen LogP contribution in [-0.2, 0) is 4.79 Å². The molecule has 88 valence electrons. The lowest BCUT2D eigenvalue weighted by molar-refractivity contribution is -0.150. The highest BCUT2D eigenvalue weighted by Gasteiger charge is 2.40. The molecule has 4 nitrogen and oxygen atoms in total. The van der Waals surface area contributed by atoms with E-state index >= 15 is 0 Å². The quantitative estimate of drug-likeness (QED) is 0.680. The molecule has 0 aliphatic carbocycles. The number of amides is 1. The molecule has 0 aromatic carbocycles. The molecule has 4 heteroatoms. The van der Waals surface area contributed by atoms with Crippen LogP contribution in [0.3, 0.4) is 0 Å². The Hall–Kier alpha value is -0.610. The Kier molecular flexibility index (Phi) is 3.41. The van der Waals surface area contributed by atoms with Gasteiger partial charge in [0.2, 0.25) is 5.91 Å². The van der Waals surface area contributed by atoms with Gasteiger partial charge in [0.25, 0.3) is 0 Å². The van der Waals surface area contributed by atoms with Crippen molar-refractivity contribution in [1.29, 1.82) is 0 Å². The zero-order valence-electron chi connectivity index (χ0n) is 10.4. The number of likely N-dealkylation sites (N-methyl/N-ethyl adjacent to an activating group) is 1. The number of nitrogens with two attached hydrogens (primary N) is 1. The van der Waals surface area contributed by atoms with Gasteiger partial charge in [-0.1, -0.05) is 0 Å². The number of hydrogen-bond donors (Lipinski definition) is 1. The molecule has 0 spiro atoms. The van der Waals surface area contributed by atoms with E-state index in [1.54, 1.807) is 0 Å². The average Bonchev–Trinajstić information content (AvgIpc) is 2.00. The van der Waals surface area contributed by atoms with Crippen LogP contribution < -0.4 is 5.73 Å². The first-order valence-corrected chi connectivity index (χ1v) is 5.52. The summed E-state index contributed by atoms with van der Waals surface area (Å²) in [4.78, 5) is 16.2. The molecular formula is C11H23N3O. The Morgan fingerprint density at radius 2 is 2.00 bits per heavy atom. The molecule has 1 amide bonds. The van der Waals surface area contributed by atoms with Crippen molar-refractivity contribution in [1.82, 2.24) is 9.80 Å². The molecule has 0 aromatic rings. The summed E-state index contributed by atoms with van der Waals surface area (Å²) in [5.41, 5.74) is 5.53. The molecule has 2 unspecified atom stereocenters. The van der Waals surface area contributed by atoms with E-state index in [0.29, 0.717) is 6.54 Å². The largest absolute Gasteiger partial charge is 0.332 e. The molecule has 1 rings (SSSR count). The van der Waals surface area contributed by atoms with Crippen LogP contribution in [0.25, 0.3) is 0 Å². The Balaban J connectivity index is 2.93. The standard InChI is InChI=1S/C11H23N3O/c1-8-7-13(5)9(6-12)10(15)14(8)11(2,3)4/h8-9H,6-7,12H2,1-5H3. The van der Waals surface area contributed by atoms with E-state index in [-0.39, 0.29) is 23.5 Å². The Bertz CT molecular complexity index is 247. The molecule has 0 radical (unpaired) electrons. The second kappa shape index (κ2) is 4.10. The van der Waals surface area contributed by atoms with Gasteiger partial charge in [0.1, 0.15) is 6.04 Å². The normalized spacial score (nSPS) is 29.7. The van der Waals surface area contributed by atoms with Gasteiger partial charge >= 0.3 is 0 Å². The molecule has 2 atom stereocenters. The monoisotopic (exact) mass is 213 g/mol. The van der Waals surface area contributed by atoms with E-state index in [1.165, 1.54) is 0 Å². The van der Waals surface area contributed by atoms with Gasteiger partial charge in [-0.05, 0) is 34.7 Å². The van der Waals surface area contributed by atoms with Gasteiger partial charge < -0.3 is 10.6 Å². The molecule has 1 aliphatic heterocycles. The van der Waals surface area contributed by atoms with Crippen molar-refractivity contribution in [3.8, 4) is 0 Å². The third-order valence-electron chi connectivity index (χ3n) is 2.99. The summed E-state index contributed by atoms with van der Waals surface area (Å²) >= 11 is 0. The fraction of sp³-hybridized carbons (Fsp3) is 0.909. The predicted octanol–water partition coefficient (Wildman–Crippen LogP) is 0.275. The molecule has 1 saturated heterocycles. The first-order valence-electron chi connectivity index (χ1n) is 5.52. The van der Waals surface area contributed by atoms with Gasteiger partial charge in [-0.25, -0.2) is 0 Å². The molecule has 15 heavy (non-hydrogen) atoms. The maximum absolute atomic E-state index is 12.2. The van der Waals surface area contributed by atoms with Gasteiger partial charge in [0, 0.05) is 24.7 Å². The Morgan fingerprint density at radius 3 is 2.40 bits per heavy atom. The SMILES string of the molecule is CC1CN(C)C(CN)C(=O)N1C(C)(C)C. The van der Waals surface area contributed by atoms with Crippen molar-refractivity contribution in [2.24, 2.45) is 5.73 Å². The van der Waals surface area contributed by atoms with Crippen molar-refractivity contribution in [2.45, 2.75) is 45.3 Å². The van der Waals surface area contributed by atoms with Crippen LogP contribution in [0, 0.1) is 0 Å². The molecule has 1 fully saturated rings. The van der Waals surface area contributed by atoms with E-state index in [9.17, 15) is 4.79 Å². The lowest BCUT2D eigenvalue weighted by Crippen LogP contribution is -2.66. The zero-order chi connectivity index (χ0) is 11.8. The highest BCUT2D eigenvalue weighted by Crippen LogP contribution is 2.23. The lowest BCUT2D eigenvalue weighted by Gasteiger charge is -2.49. The summed E-state index contributed by atoms with van der Waals surface area (Å²) in [6.07, 6.45) is 0. The van der Waals surface area contributed by atoms with Crippen LogP contribution in [0.5, 0.6) is 0 Å². The van der Waals surface area contributed by atoms with Crippen LogP contribution in [0.2, 0.25) is 0 Å². The van der Waals surface area contributed by atoms with Gasteiger partial charge in [-0.15, -0.1) is 0 Å². The second-order valence-electron chi connectivity index (χ2n) is 5.42. The molecule has 0 saturated carbocycles. The zero-order valence-corrected chi connectivity index (χ0v) is 10.4. The van der Waals surface area contributed by atoms with E-state index in [0.717, 1.165) is 6.54 Å². The number of nitrogens with zero attached hydrogens (tertiary/aromatic N) is 2. The topological polar surface area (TPSA) is 49.6 Å². The third-order valence-corrected chi connectivity index (χ3v) is 2.99. The third kappa shape index (κ3) is 2.32. The van der Waals surface area contributed by atoms with Crippen molar-refractivity contribution in [3.63, 3.8) is 0 Å². The number of rotatable bonds is 1. The van der Waals surface area contributed by atoms with Crippen LogP contribution in [0.1, 0.15) is 27.7 Å². The van der Waals surface area contributed by atoms with Crippen molar-refractivity contribution >= 4 is 5.91 Å². The van der Waals surface area contributed by atoms with Crippen LogP contribution >= 0.6 is 0 Å². The van der Waals surface area contributed by atoms with E-state index < -0.39 is 0 Å². The Labute approximate surface area is 92.4 Å². The van der Waals surface area contributed by atoms with Crippen LogP contribution in [0.4, 0.5) is 0 Å². The second-order valence-corrected chi connectivity index (χ2v) is 5.42. The van der Waals surface area contributed by atoms with Crippen LogP contribution in [-0.4, -0.2) is 53.5 Å². The summed E-state index contributed by atoms with van der Waals surface area (Å²) in [6, 6.07) is 0.103. The fourth-order valence-electron chi connectivity index (χ4n) is 2.46.